The number of benzene rings is 1. The van der Waals surface area contributed by atoms with Crippen LogP contribution in [0.2, 0.25) is 0 Å². The number of hydrogen-bond donors (Lipinski definition) is 2. The highest BCUT2D eigenvalue weighted by Gasteiger charge is 2.21. The third-order valence-corrected chi connectivity index (χ3v) is 5.48. The van der Waals surface area contributed by atoms with E-state index in [4.69, 9.17) is 9.41 Å². The Balaban J connectivity index is 0.00000272. The van der Waals surface area contributed by atoms with Gasteiger partial charge in [-0.25, -0.2) is 4.98 Å². The molecular formula is C24H32IN5O. The van der Waals surface area contributed by atoms with E-state index >= 15 is 0 Å². The Bertz CT molecular complexity index is 961. The first-order valence-electron chi connectivity index (χ1n) is 10.9. The zero-order valence-corrected chi connectivity index (χ0v) is 20.6. The maximum atomic E-state index is 5.90. The van der Waals surface area contributed by atoms with Gasteiger partial charge in [0.15, 0.2) is 5.96 Å². The highest BCUT2D eigenvalue weighted by atomic mass is 127. The molecule has 3 heterocycles. The Morgan fingerprint density at radius 3 is 2.71 bits per heavy atom. The Morgan fingerprint density at radius 1 is 1.16 bits per heavy atom. The number of piperidine rings is 1. The minimum Gasteiger partial charge on any atom is -0.461 e. The third kappa shape index (κ3) is 6.35. The maximum absolute atomic E-state index is 5.90. The lowest BCUT2D eigenvalue weighted by atomic mass is 10.1. The van der Waals surface area contributed by atoms with E-state index in [-0.39, 0.29) is 24.0 Å². The van der Waals surface area contributed by atoms with Crippen molar-refractivity contribution in [3.8, 4) is 0 Å². The van der Waals surface area contributed by atoms with E-state index in [2.05, 4.69) is 51.7 Å². The van der Waals surface area contributed by atoms with Crippen LogP contribution in [0.25, 0.3) is 11.0 Å². The molecule has 0 amide bonds. The first-order valence-corrected chi connectivity index (χ1v) is 10.9. The SMILES string of the molecule is CCNC(=NCCc1cc2ccccc2o1)NC1CCN(c2cccc(C)n2)CC1.I. The van der Waals surface area contributed by atoms with Crippen molar-refractivity contribution in [2.24, 2.45) is 4.99 Å². The molecule has 4 rings (SSSR count). The summed E-state index contributed by atoms with van der Waals surface area (Å²) in [7, 11) is 0. The normalized spacial score (nSPS) is 15.0. The lowest BCUT2D eigenvalue weighted by Crippen LogP contribution is -2.49. The summed E-state index contributed by atoms with van der Waals surface area (Å²) in [6, 6.07) is 16.9. The fourth-order valence-corrected chi connectivity index (χ4v) is 3.91. The van der Waals surface area contributed by atoms with Gasteiger partial charge in [-0.05, 0) is 51.0 Å². The molecule has 0 atom stereocenters. The van der Waals surface area contributed by atoms with Gasteiger partial charge in [0.2, 0.25) is 0 Å². The van der Waals surface area contributed by atoms with E-state index in [1.165, 1.54) is 0 Å². The molecule has 1 aliphatic heterocycles. The highest BCUT2D eigenvalue weighted by molar-refractivity contribution is 14.0. The predicted octanol–water partition coefficient (Wildman–Crippen LogP) is 4.52. The van der Waals surface area contributed by atoms with Gasteiger partial charge in [-0.2, -0.15) is 0 Å². The number of aromatic nitrogens is 1. The molecule has 166 valence electrons. The molecular weight excluding hydrogens is 501 g/mol. The molecule has 1 aromatic carbocycles. The number of rotatable bonds is 6. The summed E-state index contributed by atoms with van der Waals surface area (Å²) in [5, 5.41) is 8.14. The van der Waals surface area contributed by atoms with Crippen molar-refractivity contribution in [2.45, 2.75) is 39.2 Å². The van der Waals surface area contributed by atoms with Crippen molar-refractivity contribution in [2.75, 3.05) is 31.1 Å². The average Bonchev–Trinajstić information content (AvgIpc) is 3.17. The summed E-state index contributed by atoms with van der Waals surface area (Å²) >= 11 is 0. The van der Waals surface area contributed by atoms with Crippen LogP contribution in [0.15, 0.2) is 57.9 Å². The summed E-state index contributed by atoms with van der Waals surface area (Å²) in [5.74, 6) is 2.95. The number of nitrogens with one attached hydrogen (secondary N) is 2. The van der Waals surface area contributed by atoms with Crippen molar-refractivity contribution in [3.05, 3.63) is 60.0 Å². The molecule has 1 saturated heterocycles. The van der Waals surface area contributed by atoms with Crippen LogP contribution in [0.4, 0.5) is 5.82 Å². The van der Waals surface area contributed by atoms with E-state index in [1.807, 2.05) is 31.2 Å². The standard InChI is InChI=1S/C24H31N5O.HI/c1-3-25-24(26-14-11-21-17-19-8-4-5-9-22(19)30-21)28-20-12-15-29(16-13-20)23-10-6-7-18(2)27-23;/h4-10,17,20H,3,11-16H2,1-2H3,(H2,25,26,28);1H. The molecule has 2 N–H and O–H groups in total. The smallest absolute Gasteiger partial charge is 0.191 e. The second-order valence-electron chi connectivity index (χ2n) is 7.80. The molecule has 0 spiro atoms. The van der Waals surface area contributed by atoms with Gasteiger partial charge in [-0.15, -0.1) is 24.0 Å². The minimum atomic E-state index is 0. The van der Waals surface area contributed by atoms with Gasteiger partial charge in [0.25, 0.3) is 0 Å². The Kier molecular flexibility index (Phi) is 8.57. The molecule has 3 aromatic rings. The summed E-state index contributed by atoms with van der Waals surface area (Å²) in [5.41, 5.74) is 2.01. The number of halogens is 1. The van der Waals surface area contributed by atoms with Crippen LogP contribution >= 0.6 is 24.0 Å². The summed E-state index contributed by atoms with van der Waals surface area (Å²) in [6.07, 6.45) is 2.94. The molecule has 0 radical (unpaired) electrons. The largest absolute Gasteiger partial charge is 0.461 e. The topological polar surface area (TPSA) is 65.7 Å². The maximum Gasteiger partial charge on any atom is 0.191 e. The van der Waals surface area contributed by atoms with E-state index in [0.29, 0.717) is 12.6 Å². The quantitative estimate of drug-likeness (QED) is 0.277. The van der Waals surface area contributed by atoms with Gasteiger partial charge in [-0.3, -0.25) is 4.99 Å². The number of para-hydroxylation sites is 1. The van der Waals surface area contributed by atoms with E-state index < -0.39 is 0 Å². The molecule has 0 unspecified atom stereocenters. The van der Waals surface area contributed by atoms with Gasteiger partial charge in [0, 0.05) is 49.7 Å². The van der Waals surface area contributed by atoms with Crippen LogP contribution in [-0.2, 0) is 6.42 Å². The number of nitrogens with zero attached hydrogens (tertiary/aromatic N) is 3. The monoisotopic (exact) mass is 533 g/mol. The van der Waals surface area contributed by atoms with E-state index in [9.17, 15) is 0 Å². The van der Waals surface area contributed by atoms with Gasteiger partial charge >= 0.3 is 0 Å². The first kappa shape index (κ1) is 23.4. The molecule has 0 saturated carbocycles. The Hall–Kier alpha value is -2.29. The fraction of sp³-hybridized carbons (Fsp3) is 0.417. The van der Waals surface area contributed by atoms with Crippen LogP contribution in [-0.4, -0.2) is 43.2 Å². The van der Waals surface area contributed by atoms with Crippen molar-refractivity contribution in [1.82, 2.24) is 15.6 Å². The summed E-state index contributed by atoms with van der Waals surface area (Å²) in [6.45, 7) is 7.70. The molecule has 31 heavy (non-hydrogen) atoms. The van der Waals surface area contributed by atoms with Crippen LogP contribution < -0.4 is 15.5 Å². The van der Waals surface area contributed by atoms with Crippen molar-refractivity contribution in [1.29, 1.82) is 0 Å². The third-order valence-electron chi connectivity index (χ3n) is 5.48. The number of fused-ring (bicyclic) bond motifs is 1. The highest BCUT2D eigenvalue weighted by Crippen LogP contribution is 2.20. The second-order valence-corrected chi connectivity index (χ2v) is 7.80. The van der Waals surface area contributed by atoms with Gasteiger partial charge < -0.3 is 20.0 Å². The van der Waals surface area contributed by atoms with Crippen molar-refractivity contribution >= 4 is 46.7 Å². The Labute approximate surface area is 201 Å². The van der Waals surface area contributed by atoms with Crippen LogP contribution in [0.5, 0.6) is 0 Å². The zero-order valence-electron chi connectivity index (χ0n) is 18.3. The molecule has 6 nitrogen and oxygen atoms in total. The van der Waals surface area contributed by atoms with Crippen molar-refractivity contribution < 1.29 is 4.42 Å². The molecule has 7 heteroatoms. The summed E-state index contributed by atoms with van der Waals surface area (Å²) in [4.78, 5) is 11.8. The average molecular weight is 533 g/mol. The molecule has 1 fully saturated rings. The second kappa shape index (κ2) is 11.4. The van der Waals surface area contributed by atoms with Crippen LogP contribution in [0.1, 0.15) is 31.2 Å². The number of aryl methyl sites for hydroxylation is 1. The molecule has 0 aliphatic carbocycles. The van der Waals surface area contributed by atoms with Gasteiger partial charge in [-0.1, -0.05) is 24.3 Å². The number of hydrogen-bond acceptors (Lipinski definition) is 4. The molecule has 1 aliphatic rings. The number of anilines is 1. The number of furan rings is 1. The predicted molar refractivity (Wildman–Crippen MR) is 139 cm³/mol. The summed E-state index contributed by atoms with van der Waals surface area (Å²) < 4.78 is 5.90. The molecule has 0 bridgehead atoms. The lowest BCUT2D eigenvalue weighted by molar-refractivity contribution is 0.459. The molecule has 2 aromatic heterocycles. The van der Waals surface area contributed by atoms with Crippen molar-refractivity contribution in [3.63, 3.8) is 0 Å². The van der Waals surface area contributed by atoms with E-state index in [1.54, 1.807) is 0 Å². The number of aliphatic imine (C=N–C) groups is 1. The van der Waals surface area contributed by atoms with Crippen LogP contribution in [0.3, 0.4) is 0 Å². The van der Waals surface area contributed by atoms with Gasteiger partial charge in [0.1, 0.15) is 17.2 Å². The van der Waals surface area contributed by atoms with E-state index in [0.717, 1.165) is 73.1 Å². The first-order chi connectivity index (χ1) is 14.7. The number of guanidine groups is 1. The lowest BCUT2D eigenvalue weighted by Gasteiger charge is -2.34. The number of pyridine rings is 1. The van der Waals surface area contributed by atoms with Gasteiger partial charge in [0.05, 0.1) is 0 Å². The zero-order chi connectivity index (χ0) is 20.8. The minimum absolute atomic E-state index is 0. The fourth-order valence-electron chi connectivity index (χ4n) is 3.91. The Morgan fingerprint density at radius 2 is 1.97 bits per heavy atom. The van der Waals surface area contributed by atoms with Crippen LogP contribution in [0, 0.1) is 6.92 Å².